The van der Waals surface area contributed by atoms with E-state index in [0.29, 0.717) is 13.1 Å². The van der Waals surface area contributed by atoms with Crippen molar-refractivity contribution in [1.82, 2.24) is 9.88 Å². The maximum absolute atomic E-state index is 12.6. The topological polar surface area (TPSA) is 60.9 Å². The van der Waals surface area contributed by atoms with Gasteiger partial charge in [0.15, 0.2) is 11.5 Å². The third-order valence-corrected chi connectivity index (χ3v) is 6.31. The van der Waals surface area contributed by atoms with Gasteiger partial charge in [-0.2, -0.15) is 0 Å². The van der Waals surface area contributed by atoms with Crippen molar-refractivity contribution in [3.8, 4) is 11.5 Å². The lowest BCUT2D eigenvalue weighted by Crippen LogP contribution is -2.42. The molecule has 1 aliphatic heterocycles. The van der Waals surface area contributed by atoms with Crippen molar-refractivity contribution in [1.29, 1.82) is 0 Å². The standard InChI is InChI=1S/C26H28N2O4/c1-30-23-13-11-19(14-24(23)32-21-7-3-4-8-21)25-16-28(26(29)17-31-25)15-20-12-10-18-6-2-5-9-22(18)27-20/h2,5-6,9-14,21,25H,3-4,7-8,15-17H2,1H3. The number of hydrogen-bond acceptors (Lipinski definition) is 5. The van der Waals surface area contributed by atoms with Gasteiger partial charge >= 0.3 is 0 Å². The van der Waals surface area contributed by atoms with Crippen LogP contribution in [0.1, 0.15) is 43.0 Å². The molecule has 1 atom stereocenters. The van der Waals surface area contributed by atoms with Crippen LogP contribution in [-0.4, -0.2) is 42.2 Å². The minimum absolute atomic E-state index is 0.0212. The van der Waals surface area contributed by atoms with Gasteiger partial charge in [0.25, 0.3) is 0 Å². The number of para-hydroxylation sites is 1. The molecule has 1 amide bonds. The van der Waals surface area contributed by atoms with Gasteiger partial charge in [0.05, 0.1) is 37.5 Å². The van der Waals surface area contributed by atoms with Gasteiger partial charge in [-0.15, -0.1) is 0 Å². The minimum Gasteiger partial charge on any atom is -0.493 e. The van der Waals surface area contributed by atoms with Crippen LogP contribution in [0.15, 0.2) is 54.6 Å². The Balaban J connectivity index is 1.33. The highest BCUT2D eigenvalue weighted by molar-refractivity contribution is 5.79. The van der Waals surface area contributed by atoms with Crippen LogP contribution in [0.5, 0.6) is 11.5 Å². The summed E-state index contributed by atoms with van der Waals surface area (Å²) in [5.74, 6) is 1.46. The van der Waals surface area contributed by atoms with Crippen LogP contribution in [-0.2, 0) is 16.1 Å². The first-order valence-electron chi connectivity index (χ1n) is 11.3. The number of nitrogens with zero attached hydrogens (tertiary/aromatic N) is 2. The maximum atomic E-state index is 12.6. The molecule has 0 bridgehead atoms. The molecule has 1 saturated heterocycles. The van der Waals surface area contributed by atoms with E-state index < -0.39 is 0 Å². The summed E-state index contributed by atoms with van der Waals surface area (Å²) in [6, 6.07) is 18.0. The molecule has 0 radical (unpaired) electrons. The van der Waals surface area contributed by atoms with Gasteiger partial charge in [-0.1, -0.05) is 30.3 Å². The van der Waals surface area contributed by atoms with Crippen molar-refractivity contribution < 1.29 is 19.0 Å². The van der Waals surface area contributed by atoms with Gasteiger partial charge in [0.1, 0.15) is 12.7 Å². The van der Waals surface area contributed by atoms with Gasteiger partial charge in [-0.3, -0.25) is 9.78 Å². The lowest BCUT2D eigenvalue weighted by molar-refractivity contribution is -0.150. The summed E-state index contributed by atoms with van der Waals surface area (Å²) in [4.78, 5) is 19.1. The Morgan fingerprint density at radius 2 is 1.91 bits per heavy atom. The van der Waals surface area contributed by atoms with Crippen LogP contribution < -0.4 is 9.47 Å². The number of fused-ring (bicyclic) bond motifs is 1. The van der Waals surface area contributed by atoms with Crippen LogP contribution in [0, 0.1) is 0 Å². The number of benzene rings is 2. The van der Waals surface area contributed by atoms with E-state index in [4.69, 9.17) is 19.2 Å². The fraction of sp³-hybridized carbons (Fsp3) is 0.385. The van der Waals surface area contributed by atoms with E-state index in [1.165, 1.54) is 12.8 Å². The number of ether oxygens (including phenoxy) is 3. The molecule has 3 aromatic rings. The highest BCUT2D eigenvalue weighted by atomic mass is 16.5. The molecule has 2 heterocycles. The van der Waals surface area contributed by atoms with Crippen LogP contribution in [0.4, 0.5) is 0 Å². The number of carbonyl (C=O) groups is 1. The second-order valence-corrected chi connectivity index (χ2v) is 8.50. The predicted molar refractivity (Wildman–Crippen MR) is 122 cm³/mol. The number of hydrogen-bond donors (Lipinski definition) is 0. The molecule has 1 aliphatic carbocycles. The van der Waals surface area contributed by atoms with E-state index in [1.807, 2.05) is 53.4 Å². The van der Waals surface area contributed by atoms with Gasteiger partial charge in [-0.05, 0) is 55.5 Å². The molecule has 32 heavy (non-hydrogen) atoms. The summed E-state index contributed by atoms with van der Waals surface area (Å²) in [6.07, 6.45) is 4.59. The Bertz CT molecular complexity index is 1110. The van der Waals surface area contributed by atoms with Gasteiger partial charge in [0.2, 0.25) is 5.91 Å². The number of carbonyl (C=O) groups excluding carboxylic acids is 1. The Kier molecular flexibility index (Phi) is 5.95. The quantitative estimate of drug-likeness (QED) is 0.567. The molecular formula is C26H28N2O4. The predicted octanol–water partition coefficient (Wildman–Crippen LogP) is 4.66. The Labute approximate surface area is 188 Å². The largest absolute Gasteiger partial charge is 0.493 e. The summed E-state index contributed by atoms with van der Waals surface area (Å²) in [6.45, 7) is 0.997. The average Bonchev–Trinajstić information content (AvgIpc) is 3.33. The monoisotopic (exact) mass is 432 g/mol. The van der Waals surface area contributed by atoms with E-state index >= 15 is 0 Å². The average molecular weight is 433 g/mol. The van der Waals surface area contributed by atoms with Gasteiger partial charge < -0.3 is 19.1 Å². The minimum atomic E-state index is -0.218. The van der Waals surface area contributed by atoms with E-state index in [0.717, 1.165) is 46.5 Å². The molecular weight excluding hydrogens is 404 g/mol. The zero-order chi connectivity index (χ0) is 21.9. The second-order valence-electron chi connectivity index (χ2n) is 8.50. The SMILES string of the molecule is COc1ccc(C2CN(Cc3ccc4ccccc4n3)C(=O)CO2)cc1OC1CCCC1. The molecule has 166 valence electrons. The van der Waals surface area contributed by atoms with Crippen molar-refractivity contribution in [3.63, 3.8) is 0 Å². The summed E-state index contributed by atoms with van der Waals surface area (Å²) in [5, 5.41) is 1.09. The van der Waals surface area contributed by atoms with E-state index in [9.17, 15) is 4.79 Å². The molecule has 5 rings (SSSR count). The number of aromatic nitrogens is 1. The normalized spacial score (nSPS) is 19.5. The Morgan fingerprint density at radius 1 is 1.06 bits per heavy atom. The molecule has 1 aromatic heterocycles. The van der Waals surface area contributed by atoms with E-state index in [-0.39, 0.29) is 24.7 Å². The summed E-state index contributed by atoms with van der Waals surface area (Å²) >= 11 is 0. The second kappa shape index (κ2) is 9.17. The molecule has 0 spiro atoms. The van der Waals surface area contributed by atoms with Crippen LogP contribution in [0.3, 0.4) is 0 Å². The lowest BCUT2D eigenvalue weighted by Gasteiger charge is -2.33. The van der Waals surface area contributed by atoms with Crippen LogP contribution in [0.25, 0.3) is 10.9 Å². The van der Waals surface area contributed by atoms with Crippen LogP contribution >= 0.6 is 0 Å². The fourth-order valence-electron chi connectivity index (χ4n) is 4.54. The summed E-state index contributed by atoms with van der Waals surface area (Å²) in [5.41, 5.74) is 2.80. The summed E-state index contributed by atoms with van der Waals surface area (Å²) in [7, 11) is 1.66. The number of morpholine rings is 1. The molecule has 0 N–H and O–H groups in total. The summed E-state index contributed by atoms with van der Waals surface area (Å²) < 4.78 is 17.7. The zero-order valence-electron chi connectivity index (χ0n) is 18.3. The molecule has 2 aromatic carbocycles. The molecule has 2 fully saturated rings. The van der Waals surface area contributed by atoms with Crippen molar-refractivity contribution in [2.75, 3.05) is 20.3 Å². The lowest BCUT2D eigenvalue weighted by atomic mass is 10.1. The Hall–Kier alpha value is -3.12. The number of rotatable bonds is 6. The zero-order valence-corrected chi connectivity index (χ0v) is 18.3. The molecule has 1 unspecified atom stereocenters. The number of amides is 1. The van der Waals surface area contributed by atoms with Crippen molar-refractivity contribution in [3.05, 3.63) is 65.9 Å². The third kappa shape index (κ3) is 4.41. The first-order chi connectivity index (χ1) is 15.7. The highest BCUT2D eigenvalue weighted by Crippen LogP contribution is 2.35. The molecule has 2 aliphatic rings. The first kappa shape index (κ1) is 20.8. The highest BCUT2D eigenvalue weighted by Gasteiger charge is 2.29. The van der Waals surface area contributed by atoms with Gasteiger partial charge in [0, 0.05) is 5.39 Å². The molecule has 6 nitrogen and oxygen atoms in total. The maximum Gasteiger partial charge on any atom is 0.249 e. The fourth-order valence-corrected chi connectivity index (χ4v) is 4.54. The molecule has 1 saturated carbocycles. The first-order valence-corrected chi connectivity index (χ1v) is 11.3. The van der Waals surface area contributed by atoms with Crippen LogP contribution in [0.2, 0.25) is 0 Å². The smallest absolute Gasteiger partial charge is 0.249 e. The number of pyridine rings is 1. The van der Waals surface area contributed by atoms with Crippen molar-refractivity contribution in [2.45, 2.75) is 44.4 Å². The van der Waals surface area contributed by atoms with Crippen molar-refractivity contribution in [2.24, 2.45) is 0 Å². The van der Waals surface area contributed by atoms with Crippen molar-refractivity contribution >= 4 is 16.8 Å². The van der Waals surface area contributed by atoms with E-state index in [1.54, 1.807) is 7.11 Å². The molecule has 6 heteroatoms. The number of methoxy groups -OCH3 is 1. The van der Waals surface area contributed by atoms with E-state index in [2.05, 4.69) is 6.07 Å². The third-order valence-electron chi connectivity index (χ3n) is 6.31. The van der Waals surface area contributed by atoms with Gasteiger partial charge in [-0.25, -0.2) is 0 Å². The Morgan fingerprint density at radius 3 is 2.75 bits per heavy atom.